The van der Waals surface area contributed by atoms with Crippen molar-refractivity contribution in [1.29, 1.82) is 5.26 Å². The molecule has 2 saturated carbocycles. The highest BCUT2D eigenvalue weighted by atomic mass is 35.5. The number of hydrogen-bond donors (Lipinski definition) is 1. The number of carbonyl (C=O) groups excluding carboxylic acids is 1. The highest BCUT2D eigenvalue weighted by Crippen LogP contribution is 2.54. The molecule has 55 heavy (non-hydrogen) atoms. The van der Waals surface area contributed by atoms with Gasteiger partial charge in [0.15, 0.2) is 5.82 Å². The van der Waals surface area contributed by atoms with Crippen molar-refractivity contribution >= 4 is 56.6 Å². The van der Waals surface area contributed by atoms with Crippen LogP contribution in [0.25, 0.3) is 32.9 Å². The maximum absolute atomic E-state index is 17.3. The summed E-state index contributed by atoms with van der Waals surface area (Å²) in [4.78, 5) is 28.5. The number of likely N-dealkylation sites (tertiary alicyclic amines) is 1. The minimum atomic E-state index is -0.467. The molecule has 6 unspecified atom stereocenters. The molecule has 12 heteroatoms. The summed E-state index contributed by atoms with van der Waals surface area (Å²) in [6, 6.07) is 16.2. The summed E-state index contributed by atoms with van der Waals surface area (Å²) >= 11 is 13.2. The zero-order chi connectivity index (χ0) is 37.7. The van der Waals surface area contributed by atoms with Gasteiger partial charge in [0.1, 0.15) is 5.52 Å². The molecule has 1 amide bonds. The summed E-state index contributed by atoms with van der Waals surface area (Å²) in [6.45, 7) is 6.91. The Labute approximate surface area is 329 Å². The second-order valence-electron chi connectivity index (χ2n) is 16.1. The number of fused-ring (bicyclic) bond motifs is 6. The van der Waals surface area contributed by atoms with E-state index in [4.69, 9.17) is 32.9 Å². The second kappa shape index (κ2) is 13.4. The lowest BCUT2D eigenvalue weighted by atomic mass is 9.79. The van der Waals surface area contributed by atoms with Crippen LogP contribution in [0.4, 0.5) is 10.1 Å². The lowest BCUT2D eigenvalue weighted by molar-refractivity contribution is -0.135. The molecule has 11 rings (SSSR count). The van der Waals surface area contributed by atoms with E-state index in [0.29, 0.717) is 51.9 Å². The Kier molecular flexibility index (Phi) is 8.50. The number of ether oxygens (including phenoxy) is 1. The molecule has 1 N–H and O–H groups in total. The van der Waals surface area contributed by atoms with E-state index in [1.807, 2.05) is 32.0 Å². The van der Waals surface area contributed by atoms with E-state index in [2.05, 4.69) is 36.8 Å². The van der Waals surface area contributed by atoms with Gasteiger partial charge < -0.3 is 24.4 Å². The molecule has 4 bridgehead atoms. The first-order valence-electron chi connectivity index (χ1n) is 19.6. The number of amides is 1. The third-order valence-electron chi connectivity index (χ3n) is 12.9. The van der Waals surface area contributed by atoms with E-state index in [-0.39, 0.29) is 58.9 Å². The normalized spacial score (nSPS) is 25.5. The van der Waals surface area contributed by atoms with Crippen molar-refractivity contribution < 1.29 is 13.9 Å². The van der Waals surface area contributed by atoms with Gasteiger partial charge in [0.05, 0.1) is 46.4 Å². The van der Waals surface area contributed by atoms with Gasteiger partial charge in [0.25, 0.3) is 0 Å². The summed E-state index contributed by atoms with van der Waals surface area (Å²) in [5.74, 6) is 1.06. The quantitative estimate of drug-likeness (QED) is 0.160. The van der Waals surface area contributed by atoms with E-state index in [1.54, 1.807) is 24.4 Å². The van der Waals surface area contributed by atoms with Gasteiger partial charge in [-0.05, 0) is 81.7 Å². The second-order valence-corrected chi connectivity index (χ2v) is 16.9. The van der Waals surface area contributed by atoms with Crippen LogP contribution in [-0.2, 0) is 11.2 Å². The van der Waals surface area contributed by atoms with Crippen LogP contribution in [0.3, 0.4) is 0 Å². The third-order valence-corrected chi connectivity index (χ3v) is 13.7. The van der Waals surface area contributed by atoms with E-state index in [0.717, 1.165) is 73.3 Å². The van der Waals surface area contributed by atoms with E-state index in [1.165, 1.54) is 0 Å². The zero-order valence-corrected chi connectivity index (χ0v) is 32.4. The Hall–Kier alpha value is -4.43. The maximum atomic E-state index is 17.3. The van der Waals surface area contributed by atoms with E-state index < -0.39 is 5.82 Å². The van der Waals surface area contributed by atoms with Gasteiger partial charge >= 0.3 is 0 Å². The van der Waals surface area contributed by atoms with Gasteiger partial charge in [-0.15, -0.1) is 0 Å². The number of carbonyl (C=O) groups is 1. The molecule has 5 aromatic rings. The fourth-order valence-electron chi connectivity index (χ4n) is 10.3. The predicted octanol–water partition coefficient (Wildman–Crippen LogP) is 8.58. The number of benzene rings is 2. The Morgan fingerprint density at radius 2 is 1.96 bits per heavy atom. The van der Waals surface area contributed by atoms with Gasteiger partial charge in [-0.2, -0.15) is 5.26 Å². The Bertz CT molecular complexity index is 2430. The Morgan fingerprint density at radius 3 is 2.71 bits per heavy atom. The minimum absolute atomic E-state index is 0.0549. The first kappa shape index (κ1) is 35.0. The van der Waals surface area contributed by atoms with Crippen LogP contribution in [0.1, 0.15) is 68.1 Å². The fourth-order valence-corrected chi connectivity index (χ4v) is 10.7. The third kappa shape index (κ3) is 5.52. The van der Waals surface area contributed by atoms with Crippen molar-refractivity contribution in [1.82, 2.24) is 24.8 Å². The van der Waals surface area contributed by atoms with Crippen LogP contribution < -0.4 is 15.0 Å². The molecule has 4 aliphatic heterocycles. The number of aryl methyl sites for hydroxylation is 2. The SMILES string of the molecule is CCOc1cc(N2CC3CC(C2)N(C(=O)C2CC2)C3c2cc3c(C)nc4c(F)c(-c5cccc(Cl)c5Cl)c(CCC#N)cc4c3n2C2C3CNC2C3)ccn1. The standard InChI is InChI=1S/C43H42Cl2FN7O2/c1-3-55-35-17-27(11-13-48-35)51-20-26-14-28(21-51)52(43(54)23-9-10-23)41(26)34-18-30-22(2)50-39-31(42(30)53(34)40-25-16-33(40)49-19-25)15-24(6-5-12-47)36(38(39)46)29-7-4-8-32(44)37(29)45/h4,7-8,11,13,15,17-18,23,25-26,28,33,40-41,49H,3,5-6,9-10,14,16,19-21H2,1-2H3. The molecule has 2 aromatic carbocycles. The van der Waals surface area contributed by atoms with Crippen LogP contribution in [0.5, 0.6) is 5.88 Å². The Balaban J connectivity index is 1.19. The molecule has 6 fully saturated rings. The van der Waals surface area contributed by atoms with Gasteiger partial charge in [-0.25, -0.2) is 14.4 Å². The molecule has 9 nitrogen and oxygen atoms in total. The molecule has 0 radical (unpaired) electrons. The molecule has 6 aliphatic rings. The van der Waals surface area contributed by atoms with Crippen molar-refractivity contribution in [3.63, 3.8) is 0 Å². The number of nitrogens with one attached hydrogen (secondary N) is 1. The topological polar surface area (TPSA) is 99.3 Å². The molecule has 4 saturated heterocycles. The monoisotopic (exact) mass is 777 g/mol. The van der Waals surface area contributed by atoms with E-state index >= 15 is 4.39 Å². The Morgan fingerprint density at radius 1 is 1.11 bits per heavy atom. The highest BCUT2D eigenvalue weighted by molar-refractivity contribution is 6.43. The number of hydrogen-bond acceptors (Lipinski definition) is 7. The van der Waals surface area contributed by atoms with Crippen LogP contribution in [0.2, 0.25) is 10.0 Å². The van der Waals surface area contributed by atoms with Crippen molar-refractivity contribution in [3.8, 4) is 23.1 Å². The summed E-state index contributed by atoms with van der Waals surface area (Å²) in [5.41, 5.74) is 5.63. The first-order valence-corrected chi connectivity index (χ1v) is 20.4. The average molecular weight is 779 g/mol. The van der Waals surface area contributed by atoms with Gasteiger partial charge in [0.2, 0.25) is 11.8 Å². The number of pyridine rings is 2. The van der Waals surface area contributed by atoms with Crippen molar-refractivity contribution in [3.05, 3.63) is 81.5 Å². The molecule has 2 aliphatic carbocycles. The van der Waals surface area contributed by atoms with Gasteiger partial charge in [-0.1, -0.05) is 35.3 Å². The number of halogens is 3. The van der Waals surface area contributed by atoms with Crippen LogP contribution in [0, 0.1) is 41.8 Å². The zero-order valence-electron chi connectivity index (χ0n) is 30.9. The molecule has 6 atom stereocenters. The molecule has 0 spiro atoms. The van der Waals surface area contributed by atoms with Crippen LogP contribution in [-0.4, -0.2) is 63.7 Å². The average Bonchev–Trinajstić information content (AvgIpc) is 3.46. The molecular weight excluding hydrogens is 736 g/mol. The van der Waals surface area contributed by atoms with Crippen molar-refractivity contribution in [2.75, 3.05) is 31.1 Å². The summed E-state index contributed by atoms with van der Waals surface area (Å²) in [5, 5.41) is 15.7. The molecule has 3 aromatic heterocycles. The number of nitrogens with zero attached hydrogens (tertiary/aromatic N) is 6. The summed E-state index contributed by atoms with van der Waals surface area (Å²) in [7, 11) is 0. The number of nitriles is 1. The van der Waals surface area contributed by atoms with Gasteiger partial charge in [-0.3, -0.25) is 4.79 Å². The first-order chi connectivity index (χ1) is 26.7. The van der Waals surface area contributed by atoms with Gasteiger partial charge in [0, 0.05) is 95.2 Å². The smallest absolute Gasteiger partial charge is 0.226 e. The largest absolute Gasteiger partial charge is 0.478 e. The molecular formula is C43H42Cl2FN7O2. The maximum Gasteiger partial charge on any atom is 0.226 e. The van der Waals surface area contributed by atoms with Crippen LogP contribution >= 0.6 is 23.2 Å². The minimum Gasteiger partial charge on any atom is -0.478 e. The number of anilines is 1. The lowest BCUT2D eigenvalue weighted by Crippen LogP contribution is -2.45. The summed E-state index contributed by atoms with van der Waals surface area (Å²) < 4.78 is 25.6. The van der Waals surface area contributed by atoms with Crippen molar-refractivity contribution in [2.24, 2.45) is 17.8 Å². The van der Waals surface area contributed by atoms with Crippen molar-refractivity contribution in [2.45, 2.75) is 76.5 Å². The molecule has 7 heterocycles. The van der Waals surface area contributed by atoms with Crippen LogP contribution in [0.15, 0.2) is 48.7 Å². The fraction of sp³-hybridized carbons (Fsp3) is 0.442. The molecule has 282 valence electrons. The number of piperidine rings is 1. The number of rotatable bonds is 9. The predicted molar refractivity (Wildman–Crippen MR) is 212 cm³/mol. The lowest BCUT2D eigenvalue weighted by Gasteiger charge is -2.40. The van der Waals surface area contributed by atoms with E-state index in [9.17, 15) is 10.1 Å². The summed E-state index contributed by atoms with van der Waals surface area (Å²) in [6.07, 6.45) is 6.23. The number of aromatic nitrogens is 3. The highest BCUT2D eigenvalue weighted by Gasteiger charge is 2.55.